The van der Waals surface area contributed by atoms with Crippen molar-refractivity contribution in [2.24, 2.45) is 29.2 Å². The average molecular weight is 667 g/mol. The van der Waals surface area contributed by atoms with E-state index in [0.717, 1.165) is 44.9 Å². The first kappa shape index (κ1) is 45.3. The Balaban J connectivity index is -0.000000335. The Labute approximate surface area is 281 Å². The van der Waals surface area contributed by atoms with Crippen LogP contribution >= 0.6 is 0 Å². The average Bonchev–Trinajstić information content (AvgIpc) is 3.90. The third-order valence-corrected chi connectivity index (χ3v) is 9.78. The fourth-order valence-corrected chi connectivity index (χ4v) is 5.40. The van der Waals surface area contributed by atoms with E-state index in [1.54, 1.807) is 12.0 Å². The van der Waals surface area contributed by atoms with E-state index in [1.165, 1.54) is 12.8 Å². The number of hydrogen-bond acceptors (Lipinski definition) is 6. The van der Waals surface area contributed by atoms with Gasteiger partial charge in [-0.3, -0.25) is 19.1 Å². The Morgan fingerprint density at radius 1 is 1.11 bits per heavy atom. The van der Waals surface area contributed by atoms with Crippen molar-refractivity contribution in [3.8, 4) is 0 Å². The highest BCUT2D eigenvalue weighted by Gasteiger charge is 2.47. The minimum Gasteiger partial charge on any atom is -0.412 e. The zero-order valence-electron chi connectivity index (χ0n) is 30.1. The standard InChI is InChI=1S/C23H38N4O4S.C5H12O.C4H10.C2H6.H2O.3H2/c1-15-12-19(20(25)28)27(14-15)22(30)18(24)9-7-5-3-4-6-8-16-13-17(16)21(29)26-32(31)23(2)10-11-23;1-5(2,3)6-4;1-3-4-2;1-2;;;;/h6,8,15-19H,3-5,7,9-14,24H2,1-2H3,(H2,25,28)(H,26,29);1-4H3;3-4H2,1-2H3;1-2H3;1H2;3*1H/b8-6-;;;;;;;/t15-,16-,17+,18+,19+,32?;;;;;;;/m1......./s1. The van der Waals surface area contributed by atoms with Crippen LogP contribution < -0.4 is 16.2 Å². The molecule has 0 bridgehead atoms. The number of methoxy groups -OCH3 is 1. The lowest BCUT2D eigenvalue weighted by atomic mass is 10.1. The van der Waals surface area contributed by atoms with Crippen LogP contribution in [0.4, 0.5) is 0 Å². The number of rotatable bonds is 13. The van der Waals surface area contributed by atoms with Crippen LogP contribution in [0.25, 0.3) is 0 Å². The maximum absolute atomic E-state index is 12.6. The van der Waals surface area contributed by atoms with Gasteiger partial charge in [-0.2, -0.15) is 0 Å². The largest absolute Gasteiger partial charge is 0.412 e. The number of nitrogens with zero attached hydrogens (tertiary/aromatic N) is 1. The van der Waals surface area contributed by atoms with Gasteiger partial charge in [0.1, 0.15) is 17.0 Å². The van der Waals surface area contributed by atoms with Crippen molar-refractivity contribution in [3.05, 3.63) is 12.2 Å². The van der Waals surface area contributed by atoms with E-state index in [-0.39, 0.29) is 49.7 Å². The van der Waals surface area contributed by atoms with Crippen LogP contribution in [0.3, 0.4) is 0 Å². The van der Waals surface area contributed by atoms with E-state index in [9.17, 15) is 18.6 Å². The summed E-state index contributed by atoms with van der Waals surface area (Å²) in [5, 5.41) is 0. The zero-order valence-corrected chi connectivity index (χ0v) is 30.9. The molecule has 0 aromatic carbocycles. The van der Waals surface area contributed by atoms with Crippen LogP contribution in [0.15, 0.2) is 12.2 Å². The van der Waals surface area contributed by atoms with Gasteiger partial charge in [0, 0.05) is 23.9 Å². The topological polar surface area (TPSA) is 176 Å². The third-order valence-electron chi connectivity index (χ3n) is 8.09. The molecule has 0 spiro atoms. The molecule has 1 unspecified atom stereocenters. The lowest BCUT2D eigenvalue weighted by molar-refractivity contribution is -0.138. The Morgan fingerprint density at radius 2 is 1.67 bits per heavy atom. The number of ether oxygens (including phenoxy) is 1. The van der Waals surface area contributed by atoms with Crippen LogP contribution in [0.5, 0.6) is 0 Å². The molecule has 0 aromatic heterocycles. The quantitative estimate of drug-likeness (QED) is 0.168. The SMILES string of the molecule is CC.CCCC.COC(C)(C)C.C[C@@H]1C[C@@H](C(N)=O)N(C(=O)[C@@H](N)CCCCC/C=C\[C@@H]2C[C@@H]2C(=O)NS(=O)C2(C)CC2)C1.O.[HH].[HH].[HH]. The Morgan fingerprint density at radius 3 is 2.13 bits per heavy atom. The predicted octanol–water partition coefficient (Wildman–Crippen LogP) is 5.69. The summed E-state index contributed by atoms with van der Waals surface area (Å²) in [6, 6.07) is -1.12. The van der Waals surface area contributed by atoms with Gasteiger partial charge in [-0.05, 0) is 84.5 Å². The number of nitrogens with one attached hydrogen (secondary N) is 1. The van der Waals surface area contributed by atoms with Crippen LogP contribution in [0.1, 0.15) is 137 Å². The summed E-state index contributed by atoms with van der Waals surface area (Å²) < 4.78 is 19.5. The van der Waals surface area contributed by atoms with E-state index in [2.05, 4.69) is 30.7 Å². The smallest absolute Gasteiger partial charge is 0.240 e. The molecule has 3 fully saturated rings. The monoisotopic (exact) mass is 667 g/mol. The number of carbonyl (C=O) groups is 3. The number of nitrogens with two attached hydrogens (primary N) is 2. The van der Waals surface area contributed by atoms with Crippen molar-refractivity contribution < 1.29 is 33.1 Å². The molecular formula is C34H74N4O6S. The summed E-state index contributed by atoms with van der Waals surface area (Å²) in [4.78, 5) is 37.9. The molecule has 10 nitrogen and oxygen atoms in total. The van der Waals surface area contributed by atoms with Gasteiger partial charge in [0.2, 0.25) is 17.7 Å². The first-order chi connectivity index (χ1) is 20.6. The van der Waals surface area contributed by atoms with Crippen molar-refractivity contribution in [1.29, 1.82) is 0 Å². The second kappa shape index (κ2) is 22.7. The van der Waals surface area contributed by atoms with Gasteiger partial charge in [0.15, 0.2) is 0 Å². The number of allylic oxidation sites excluding steroid dienone is 2. The Hall–Kier alpha value is -1.82. The molecule has 11 heteroatoms. The van der Waals surface area contributed by atoms with Gasteiger partial charge >= 0.3 is 0 Å². The minimum absolute atomic E-state index is 0. The summed E-state index contributed by atoms with van der Waals surface area (Å²) in [5.74, 6) is -0.243. The molecule has 1 heterocycles. The molecule has 1 aliphatic heterocycles. The third kappa shape index (κ3) is 18.2. The fourth-order valence-electron chi connectivity index (χ4n) is 4.35. The Kier molecular flexibility index (Phi) is 22.8. The molecule has 6 atom stereocenters. The highest BCUT2D eigenvalue weighted by atomic mass is 32.2. The molecule has 45 heavy (non-hydrogen) atoms. The van der Waals surface area contributed by atoms with E-state index in [4.69, 9.17) is 16.2 Å². The van der Waals surface area contributed by atoms with Crippen molar-refractivity contribution in [1.82, 2.24) is 9.62 Å². The number of likely N-dealkylation sites (tertiary alicyclic amines) is 1. The predicted molar refractivity (Wildman–Crippen MR) is 193 cm³/mol. The molecule has 3 rings (SSSR count). The molecule has 3 aliphatic rings. The van der Waals surface area contributed by atoms with Crippen molar-refractivity contribution >= 4 is 28.7 Å². The van der Waals surface area contributed by atoms with E-state index in [0.29, 0.717) is 19.4 Å². The zero-order chi connectivity index (χ0) is 34.1. The van der Waals surface area contributed by atoms with Gasteiger partial charge < -0.3 is 26.6 Å². The molecule has 272 valence electrons. The van der Waals surface area contributed by atoms with Crippen LogP contribution in [-0.4, -0.2) is 68.4 Å². The molecule has 0 radical (unpaired) electrons. The first-order valence-electron chi connectivity index (χ1n) is 16.9. The summed E-state index contributed by atoms with van der Waals surface area (Å²) >= 11 is 0. The number of hydrogen-bond donors (Lipinski definition) is 3. The molecular weight excluding hydrogens is 592 g/mol. The van der Waals surface area contributed by atoms with E-state index >= 15 is 0 Å². The molecule has 2 saturated carbocycles. The Bertz CT molecular complexity index is 933. The van der Waals surface area contributed by atoms with Crippen LogP contribution in [0, 0.1) is 17.8 Å². The molecule has 2 aliphatic carbocycles. The van der Waals surface area contributed by atoms with Crippen LogP contribution in [-0.2, 0) is 30.1 Å². The van der Waals surface area contributed by atoms with Crippen molar-refractivity contribution in [3.63, 3.8) is 0 Å². The highest BCUT2D eigenvalue weighted by molar-refractivity contribution is 7.85. The summed E-state index contributed by atoms with van der Waals surface area (Å²) in [5.41, 5.74) is 11.6. The molecule has 3 amide bonds. The maximum Gasteiger partial charge on any atom is 0.240 e. The van der Waals surface area contributed by atoms with Gasteiger partial charge in [-0.15, -0.1) is 0 Å². The van der Waals surface area contributed by atoms with Gasteiger partial charge in [-0.1, -0.05) is 72.5 Å². The number of amides is 3. The van der Waals surface area contributed by atoms with Crippen molar-refractivity contribution in [2.75, 3.05) is 13.7 Å². The van der Waals surface area contributed by atoms with Crippen LogP contribution in [0.2, 0.25) is 0 Å². The summed E-state index contributed by atoms with van der Waals surface area (Å²) in [6.07, 6.45) is 14.5. The van der Waals surface area contributed by atoms with Gasteiger partial charge in [0.05, 0.1) is 16.4 Å². The highest BCUT2D eigenvalue weighted by Crippen LogP contribution is 2.42. The second-order valence-electron chi connectivity index (χ2n) is 13.4. The summed E-state index contributed by atoms with van der Waals surface area (Å²) in [6.45, 7) is 18.9. The first-order valence-corrected chi connectivity index (χ1v) is 18.0. The normalized spacial score (nSPS) is 23.8. The number of carbonyl (C=O) groups excluding carboxylic acids is 3. The summed E-state index contributed by atoms with van der Waals surface area (Å²) in [7, 11) is 0.447. The lowest BCUT2D eigenvalue weighted by Crippen LogP contribution is -2.50. The number of primary amides is 1. The molecule has 0 aromatic rings. The molecule has 1 saturated heterocycles. The van der Waals surface area contributed by atoms with Gasteiger partial charge in [-0.25, -0.2) is 4.21 Å². The maximum atomic E-state index is 12.6. The lowest BCUT2D eigenvalue weighted by Gasteiger charge is -2.25. The van der Waals surface area contributed by atoms with E-state index < -0.39 is 29.0 Å². The van der Waals surface area contributed by atoms with Crippen molar-refractivity contribution in [2.45, 2.75) is 155 Å². The fraction of sp³-hybridized carbons (Fsp3) is 0.853. The molecule has 7 N–H and O–H groups in total. The minimum atomic E-state index is -1.26. The van der Waals surface area contributed by atoms with E-state index in [1.807, 2.05) is 48.5 Å². The number of unbranched alkanes of at least 4 members (excludes halogenated alkanes) is 4. The van der Waals surface area contributed by atoms with Gasteiger partial charge in [0.25, 0.3) is 0 Å². The second-order valence-corrected chi connectivity index (χ2v) is 15.2.